The molecule has 0 spiro atoms. The van der Waals surface area contributed by atoms with Gasteiger partial charge in [0.2, 0.25) is 16.0 Å². The maximum atomic E-state index is 12.8. The molecule has 4 rings (SSSR count). The average molecular weight is 406 g/mol. The van der Waals surface area contributed by atoms with Gasteiger partial charge in [-0.2, -0.15) is 0 Å². The first-order chi connectivity index (χ1) is 13.4. The number of rotatable bonds is 5. The van der Waals surface area contributed by atoms with Crippen molar-refractivity contribution < 1.29 is 17.9 Å². The number of H-pyrrole nitrogens is 1. The van der Waals surface area contributed by atoms with Gasteiger partial charge in [0.1, 0.15) is 13.2 Å². The van der Waals surface area contributed by atoms with E-state index in [1.807, 2.05) is 4.90 Å². The van der Waals surface area contributed by atoms with Crippen LogP contribution < -0.4 is 24.7 Å². The molecule has 1 aromatic heterocycles. The molecule has 150 valence electrons. The third-order valence-corrected chi connectivity index (χ3v) is 6.29. The third-order valence-electron chi connectivity index (χ3n) is 4.75. The van der Waals surface area contributed by atoms with Crippen molar-refractivity contribution in [3.05, 3.63) is 40.3 Å². The molecular weight excluding hydrogens is 384 g/mol. The van der Waals surface area contributed by atoms with Gasteiger partial charge >= 0.3 is 0 Å². The van der Waals surface area contributed by atoms with Crippen LogP contribution in [0.1, 0.15) is 31.5 Å². The minimum atomic E-state index is -3.84. The van der Waals surface area contributed by atoms with Gasteiger partial charge in [-0.15, -0.1) is 0 Å². The highest BCUT2D eigenvalue weighted by Crippen LogP contribution is 2.32. The van der Waals surface area contributed by atoms with Crippen molar-refractivity contribution in [3.8, 4) is 11.5 Å². The number of hydrogen-bond donors (Lipinski definition) is 2. The summed E-state index contributed by atoms with van der Waals surface area (Å²) in [4.78, 5) is 21.3. The molecule has 1 unspecified atom stereocenters. The van der Waals surface area contributed by atoms with Gasteiger partial charge in [0, 0.05) is 25.2 Å². The minimum absolute atomic E-state index is 0.0632. The Morgan fingerprint density at radius 1 is 1.14 bits per heavy atom. The first-order valence-electron chi connectivity index (χ1n) is 9.20. The summed E-state index contributed by atoms with van der Waals surface area (Å²) < 4.78 is 39.1. The van der Waals surface area contributed by atoms with Crippen LogP contribution in [-0.4, -0.2) is 44.7 Å². The number of nitrogens with zero attached hydrogens (tertiary/aromatic N) is 2. The molecular formula is C18H22N4O5S. The maximum absolute atomic E-state index is 12.8. The van der Waals surface area contributed by atoms with Crippen LogP contribution in [-0.2, 0) is 10.0 Å². The second-order valence-corrected chi connectivity index (χ2v) is 8.55. The summed E-state index contributed by atoms with van der Waals surface area (Å²) in [6.45, 7) is 4.11. The van der Waals surface area contributed by atoms with Crippen LogP contribution in [0.15, 0.2) is 34.0 Å². The van der Waals surface area contributed by atoms with E-state index in [4.69, 9.17) is 9.47 Å². The normalized spacial score (nSPS) is 17.5. The Bertz CT molecular complexity index is 1030. The van der Waals surface area contributed by atoms with Crippen LogP contribution in [0, 0.1) is 0 Å². The molecule has 3 heterocycles. The van der Waals surface area contributed by atoms with E-state index in [2.05, 4.69) is 14.7 Å². The van der Waals surface area contributed by atoms with Gasteiger partial charge < -0.3 is 14.4 Å². The highest BCUT2D eigenvalue weighted by atomic mass is 32.2. The third kappa shape index (κ3) is 3.83. The van der Waals surface area contributed by atoms with E-state index in [9.17, 15) is 13.2 Å². The van der Waals surface area contributed by atoms with Crippen LogP contribution in [0.4, 0.5) is 5.95 Å². The topological polar surface area (TPSA) is 114 Å². The largest absolute Gasteiger partial charge is 0.486 e. The van der Waals surface area contributed by atoms with Crippen molar-refractivity contribution in [2.24, 2.45) is 0 Å². The van der Waals surface area contributed by atoms with E-state index in [-0.39, 0.29) is 10.5 Å². The number of anilines is 1. The van der Waals surface area contributed by atoms with Crippen LogP contribution in [0.25, 0.3) is 0 Å². The molecule has 1 fully saturated rings. The Balaban J connectivity index is 1.57. The second-order valence-electron chi connectivity index (χ2n) is 6.84. The Hall–Kier alpha value is -2.59. The number of aromatic amines is 1. The predicted octanol–water partition coefficient (Wildman–Crippen LogP) is 1.18. The summed E-state index contributed by atoms with van der Waals surface area (Å²) in [6, 6.07) is 5.11. The second kappa shape index (κ2) is 7.44. The molecule has 1 aromatic carbocycles. The van der Waals surface area contributed by atoms with Crippen molar-refractivity contribution in [2.75, 3.05) is 31.2 Å². The highest BCUT2D eigenvalue weighted by molar-refractivity contribution is 7.89. The fourth-order valence-electron chi connectivity index (χ4n) is 3.32. The van der Waals surface area contributed by atoms with Crippen molar-refractivity contribution in [2.45, 2.75) is 30.7 Å². The lowest BCUT2D eigenvalue weighted by Gasteiger charge is -2.20. The van der Waals surface area contributed by atoms with Crippen LogP contribution in [0.2, 0.25) is 0 Å². The van der Waals surface area contributed by atoms with Crippen molar-refractivity contribution in [1.82, 2.24) is 14.7 Å². The first-order valence-corrected chi connectivity index (χ1v) is 10.7. The molecule has 0 radical (unpaired) electrons. The van der Waals surface area contributed by atoms with E-state index in [1.165, 1.54) is 18.2 Å². The quantitative estimate of drug-likeness (QED) is 0.766. The Kier molecular flexibility index (Phi) is 4.98. The monoisotopic (exact) mass is 406 g/mol. The molecule has 9 nitrogen and oxygen atoms in total. The Morgan fingerprint density at radius 2 is 1.86 bits per heavy atom. The molecule has 2 N–H and O–H groups in total. The van der Waals surface area contributed by atoms with E-state index in [1.54, 1.807) is 13.0 Å². The van der Waals surface area contributed by atoms with E-state index >= 15 is 0 Å². The Morgan fingerprint density at radius 3 is 2.61 bits per heavy atom. The van der Waals surface area contributed by atoms with E-state index in [0.717, 1.165) is 25.9 Å². The molecule has 0 amide bonds. The summed E-state index contributed by atoms with van der Waals surface area (Å²) in [5.74, 6) is 1.39. The smallest absolute Gasteiger partial charge is 0.252 e. The molecule has 28 heavy (non-hydrogen) atoms. The number of hydrogen-bond acceptors (Lipinski definition) is 7. The maximum Gasteiger partial charge on any atom is 0.252 e. The summed E-state index contributed by atoms with van der Waals surface area (Å²) in [6.07, 6.45) is 2.08. The number of aromatic nitrogens is 2. The lowest BCUT2D eigenvalue weighted by Crippen LogP contribution is -2.30. The van der Waals surface area contributed by atoms with Gasteiger partial charge in [0.25, 0.3) is 5.56 Å². The Labute approximate surface area is 162 Å². The molecule has 0 aliphatic carbocycles. The van der Waals surface area contributed by atoms with Gasteiger partial charge in [0.15, 0.2) is 11.5 Å². The van der Waals surface area contributed by atoms with Gasteiger partial charge in [-0.05, 0) is 31.9 Å². The molecule has 0 saturated carbocycles. The first kappa shape index (κ1) is 18.8. The molecule has 2 aliphatic rings. The van der Waals surface area contributed by atoms with Crippen molar-refractivity contribution in [3.63, 3.8) is 0 Å². The number of benzene rings is 1. The van der Waals surface area contributed by atoms with Gasteiger partial charge in [0.05, 0.1) is 16.6 Å². The van der Waals surface area contributed by atoms with Crippen LogP contribution in [0.5, 0.6) is 11.5 Å². The number of sulfonamides is 1. The van der Waals surface area contributed by atoms with Crippen molar-refractivity contribution in [1.29, 1.82) is 0 Å². The molecule has 0 bridgehead atoms. The lowest BCUT2D eigenvalue weighted by molar-refractivity contribution is 0.171. The SMILES string of the molecule is CC(NS(=O)(=O)c1ccc2c(c1)OCCO2)c1cc(=O)[nH]c(N2CCCC2)n1. The predicted molar refractivity (Wildman–Crippen MR) is 102 cm³/mol. The number of nitrogens with one attached hydrogen (secondary N) is 2. The summed E-state index contributed by atoms with van der Waals surface area (Å²) in [7, 11) is -3.84. The minimum Gasteiger partial charge on any atom is -0.486 e. The molecule has 2 aliphatic heterocycles. The summed E-state index contributed by atoms with van der Waals surface area (Å²) >= 11 is 0. The van der Waals surface area contributed by atoms with Crippen LogP contribution >= 0.6 is 0 Å². The van der Waals surface area contributed by atoms with Gasteiger partial charge in [-0.1, -0.05) is 0 Å². The van der Waals surface area contributed by atoms with Crippen molar-refractivity contribution >= 4 is 16.0 Å². The number of fused-ring (bicyclic) bond motifs is 1. The lowest BCUT2D eigenvalue weighted by atomic mass is 10.2. The standard InChI is InChI=1S/C18H22N4O5S/c1-12(14-11-17(23)20-18(19-14)22-6-2-3-7-22)21-28(24,25)13-4-5-15-16(10-13)27-9-8-26-15/h4-5,10-12,21H,2-3,6-9H2,1H3,(H,19,20,23). The average Bonchev–Trinajstić information content (AvgIpc) is 3.21. The molecule has 2 aromatic rings. The van der Waals surface area contributed by atoms with E-state index in [0.29, 0.717) is 36.4 Å². The molecule has 1 saturated heterocycles. The van der Waals surface area contributed by atoms with E-state index < -0.39 is 16.1 Å². The fraction of sp³-hybridized carbons (Fsp3) is 0.444. The zero-order chi connectivity index (χ0) is 19.7. The summed E-state index contributed by atoms with van der Waals surface area (Å²) in [5.41, 5.74) is 0.0593. The zero-order valence-corrected chi connectivity index (χ0v) is 16.3. The van der Waals surface area contributed by atoms with Gasteiger partial charge in [-0.3, -0.25) is 9.78 Å². The molecule has 1 atom stereocenters. The van der Waals surface area contributed by atoms with Gasteiger partial charge in [-0.25, -0.2) is 18.1 Å². The summed E-state index contributed by atoms with van der Waals surface area (Å²) in [5, 5.41) is 0. The highest BCUT2D eigenvalue weighted by Gasteiger charge is 2.23. The fourth-order valence-corrected chi connectivity index (χ4v) is 4.55. The zero-order valence-electron chi connectivity index (χ0n) is 15.5. The number of ether oxygens (including phenoxy) is 2. The van der Waals surface area contributed by atoms with Crippen LogP contribution in [0.3, 0.4) is 0 Å². The molecule has 10 heteroatoms.